The first-order valence-electron chi connectivity index (χ1n) is 7.04. The molecular formula is C14H30GeOSi2. The summed E-state index contributed by atoms with van der Waals surface area (Å²) in [6, 6.07) is 0. The van der Waals surface area contributed by atoms with Crippen LogP contribution in [0.1, 0.15) is 20.8 Å². The third-order valence-electron chi connectivity index (χ3n) is 3.67. The van der Waals surface area contributed by atoms with E-state index < -0.39 is 29.9 Å². The van der Waals surface area contributed by atoms with E-state index in [1.54, 1.807) is 0 Å². The van der Waals surface area contributed by atoms with Crippen LogP contribution in [0.3, 0.4) is 0 Å². The van der Waals surface area contributed by atoms with Crippen molar-refractivity contribution < 1.29 is 4.12 Å². The van der Waals surface area contributed by atoms with E-state index in [9.17, 15) is 0 Å². The van der Waals surface area contributed by atoms with Crippen LogP contribution in [0.25, 0.3) is 0 Å². The van der Waals surface area contributed by atoms with Gasteiger partial charge in [-0.25, -0.2) is 0 Å². The Kier molecular flexibility index (Phi) is 7.23. The van der Waals surface area contributed by atoms with Crippen LogP contribution < -0.4 is 0 Å². The first-order valence-corrected chi connectivity index (χ1v) is 18.4. The Morgan fingerprint density at radius 1 is 1.06 bits per heavy atom. The van der Waals surface area contributed by atoms with Crippen LogP contribution in [0.5, 0.6) is 0 Å². The van der Waals surface area contributed by atoms with E-state index in [4.69, 9.17) is 4.12 Å². The average molecular weight is 343 g/mol. The van der Waals surface area contributed by atoms with Gasteiger partial charge in [0, 0.05) is 0 Å². The molecule has 0 aromatic carbocycles. The molecule has 4 heteroatoms. The second kappa shape index (κ2) is 7.13. The molecule has 0 fully saturated rings. The van der Waals surface area contributed by atoms with Crippen molar-refractivity contribution >= 4 is 29.9 Å². The topological polar surface area (TPSA) is 9.23 Å². The van der Waals surface area contributed by atoms with E-state index in [2.05, 4.69) is 63.8 Å². The molecule has 0 unspecified atom stereocenters. The summed E-state index contributed by atoms with van der Waals surface area (Å²) in [5.41, 5.74) is 5.59. The molecule has 0 N–H and O–H groups in total. The molecule has 0 saturated carbocycles. The maximum atomic E-state index is 6.32. The van der Waals surface area contributed by atoms with Crippen LogP contribution in [0.2, 0.25) is 41.9 Å². The van der Waals surface area contributed by atoms with E-state index in [-0.39, 0.29) is 0 Å². The van der Waals surface area contributed by atoms with E-state index in [1.807, 2.05) is 5.70 Å². The predicted molar refractivity (Wildman–Crippen MR) is 91.2 cm³/mol. The molecule has 0 heterocycles. The average Bonchev–Trinajstić information content (AvgIpc) is 2.30. The van der Waals surface area contributed by atoms with Crippen molar-refractivity contribution in [1.29, 1.82) is 0 Å². The third kappa shape index (κ3) is 5.92. The zero-order valence-electron chi connectivity index (χ0n) is 13.3. The van der Waals surface area contributed by atoms with Gasteiger partial charge in [0.1, 0.15) is 0 Å². The van der Waals surface area contributed by atoms with E-state index >= 15 is 0 Å². The van der Waals surface area contributed by atoms with Crippen LogP contribution in [0.15, 0.2) is 12.3 Å². The molecule has 0 aromatic rings. The van der Waals surface area contributed by atoms with Gasteiger partial charge in [-0.05, 0) is 0 Å². The quantitative estimate of drug-likeness (QED) is 0.501. The van der Waals surface area contributed by atoms with Crippen molar-refractivity contribution in [3.63, 3.8) is 0 Å². The van der Waals surface area contributed by atoms with E-state index in [0.717, 1.165) is 0 Å². The van der Waals surface area contributed by atoms with Gasteiger partial charge >= 0.3 is 119 Å². The molecule has 0 atom stereocenters. The Labute approximate surface area is 119 Å². The Hall–Kier alpha value is 0.237. The van der Waals surface area contributed by atoms with Crippen LogP contribution in [-0.2, 0) is 4.12 Å². The van der Waals surface area contributed by atoms with Crippen LogP contribution >= 0.6 is 0 Å². The minimum absolute atomic E-state index is 1.31. The molecule has 1 nitrogen and oxygen atoms in total. The molecule has 0 radical (unpaired) electrons. The fourth-order valence-corrected chi connectivity index (χ4v) is 16.2. The summed E-state index contributed by atoms with van der Waals surface area (Å²) < 4.78 is 10.1. The molecule has 0 amide bonds. The van der Waals surface area contributed by atoms with Gasteiger partial charge in [0.2, 0.25) is 0 Å². The van der Waals surface area contributed by atoms with Gasteiger partial charge in [0.15, 0.2) is 0 Å². The van der Waals surface area contributed by atoms with Gasteiger partial charge in [-0.2, -0.15) is 0 Å². The Morgan fingerprint density at radius 2 is 1.50 bits per heavy atom. The van der Waals surface area contributed by atoms with Crippen molar-refractivity contribution in [3.8, 4) is 10.3 Å². The summed E-state index contributed by atoms with van der Waals surface area (Å²) in [6.07, 6.45) is 0. The molecule has 0 bridgehead atoms. The first kappa shape index (κ1) is 18.2. The minimum atomic E-state index is -1.86. The second-order valence-corrected chi connectivity index (χ2v) is 24.1. The van der Waals surface area contributed by atoms with Gasteiger partial charge in [-0.1, -0.05) is 0 Å². The fourth-order valence-electron chi connectivity index (χ4n) is 2.02. The van der Waals surface area contributed by atoms with Crippen molar-refractivity contribution in [1.82, 2.24) is 0 Å². The SMILES string of the molecule is C=C[Si](C)(C)O[Si](C)(C)C#[C][Ge]([CH2]C)([CH2]C)[CH2]C. The summed E-state index contributed by atoms with van der Waals surface area (Å²) in [6.45, 7) is 19.7. The van der Waals surface area contributed by atoms with E-state index in [1.165, 1.54) is 15.8 Å². The molecule has 104 valence electrons. The van der Waals surface area contributed by atoms with E-state index in [0.29, 0.717) is 0 Å². The first-order chi connectivity index (χ1) is 8.16. The van der Waals surface area contributed by atoms with Crippen molar-refractivity contribution in [3.05, 3.63) is 12.3 Å². The monoisotopic (exact) mass is 344 g/mol. The van der Waals surface area contributed by atoms with Gasteiger partial charge in [-0.3, -0.25) is 0 Å². The summed E-state index contributed by atoms with van der Waals surface area (Å²) in [7, 11) is -3.54. The summed E-state index contributed by atoms with van der Waals surface area (Å²) >= 11 is -1.86. The van der Waals surface area contributed by atoms with Crippen molar-refractivity contribution in [2.75, 3.05) is 0 Å². The molecule has 0 rings (SSSR count). The molecule has 0 aliphatic rings. The van der Waals surface area contributed by atoms with Crippen LogP contribution in [0.4, 0.5) is 0 Å². The van der Waals surface area contributed by atoms with Gasteiger partial charge in [0.05, 0.1) is 0 Å². The Bertz CT molecular complexity index is 327. The number of rotatable bonds is 6. The normalized spacial score (nSPS) is 12.8. The fraction of sp³-hybridized carbons (Fsp3) is 0.714. The Morgan fingerprint density at radius 3 is 1.83 bits per heavy atom. The summed E-state index contributed by atoms with van der Waals surface area (Å²) in [4.78, 5) is 0. The van der Waals surface area contributed by atoms with Crippen LogP contribution in [0, 0.1) is 10.3 Å². The number of hydrogen-bond acceptors (Lipinski definition) is 1. The molecule has 0 spiro atoms. The van der Waals surface area contributed by atoms with Gasteiger partial charge < -0.3 is 0 Å². The molecule has 0 aromatic heterocycles. The summed E-state index contributed by atoms with van der Waals surface area (Å²) in [5.74, 6) is 0. The second-order valence-electron chi connectivity index (χ2n) is 6.01. The van der Waals surface area contributed by atoms with Gasteiger partial charge in [-0.15, -0.1) is 0 Å². The van der Waals surface area contributed by atoms with Gasteiger partial charge in [0.25, 0.3) is 0 Å². The van der Waals surface area contributed by atoms with Crippen molar-refractivity contribution in [2.45, 2.75) is 62.7 Å². The van der Waals surface area contributed by atoms with Crippen molar-refractivity contribution in [2.24, 2.45) is 0 Å². The molecule has 0 aliphatic heterocycles. The molecular weight excluding hydrogens is 313 g/mol. The summed E-state index contributed by atoms with van der Waals surface area (Å²) in [5, 5.41) is 3.94. The zero-order chi connectivity index (χ0) is 14.4. The maximum absolute atomic E-state index is 6.32. The molecule has 0 aliphatic carbocycles. The predicted octanol–water partition coefficient (Wildman–Crippen LogP) is 4.73. The molecule has 0 saturated heterocycles. The zero-order valence-corrected chi connectivity index (χ0v) is 17.4. The molecule has 18 heavy (non-hydrogen) atoms. The Balaban J connectivity index is 5.02. The number of hydrogen-bond donors (Lipinski definition) is 0. The standard InChI is InChI=1S/C14H30GeOSi2/c1-9-15(10-2,11-3)13-14-18(7,8)16-17(5,6)12-4/h12H,4,9-11H2,1-3,5-8H3. The van der Waals surface area contributed by atoms with Crippen LogP contribution in [-0.4, -0.2) is 29.9 Å². The third-order valence-corrected chi connectivity index (χ3v) is 19.9.